The number of halogens is 1. The molecule has 0 atom stereocenters. The van der Waals surface area contributed by atoms with Gasteiger partial charge in [-0.25, -0.2) is 0 Å². The van der Waals surface area contributed by atoms with Crippen molar-refractivity contribution in [2.75, 3.05) is 7.11 Å². The van der Waals surface area contributed by atoms with Gasteiger partial charge in [0.05, 0.1) is 7.11 Å². The molecule has 0 aliphatic heterocycles. The van der Waals surface area contributed by atoms with E-state index in [1.807, 2.05) is 43.3 Å². The molecule has 0 aliphatic rings. The van der Waals surface area contributed by atoms with Gasteiger partial charge in [0.15, 0.2) is 0 Å². The van der Waals surface area contributed by atoms with Crippen LogP contribution in [0, 0.1) is 6.92 Å². The molecular formula is C16H18BrNO2. The van der Waals surface area contributed by atoms with E-state index in [1.165, 1.54) is 0 Å². The minimum absolute atomic E-state index is 0.457. The van der Waals surface area contributed by atoms with Crippen molar-refractivity contribution in [3.8, 4) is 11.5 Å². The summed E-state index contributed by atoms with van der Waals surface area (Å²) in [7, 11) is 1.66. The molecule has 0 spiro atoms. The molecule has 0 heterocycles. The van der Waals surface area contributed by atoms with Crippen molar-refractivity contribution < 1.29 is 9.47 Å². The summed E-state index contributed by atoms with van der Waals surface area (Å²) in [6.07, 6.45) is 0. The molecule has 4 heteroatoms. The second-order valence-corrected chi connectivity index (χ2v) is 5.47. The summed E-state index contributed by atoms with van der Waals surface area (Å²) < 4.78 is 12.1. The summed E-state index contributed by atoms with van der Waals surface area (Å²) in [4.78, 5) is 0. The number of hydrogen-bond donors (Lipinski definition) is 1. The van der Waals surface area contributed by atoms with Crippen LogP contribution in [0.3, 0.4) is 0 Å². The van der Waals surface area contributed by atoms with Crippen LogP contribution in [-0.2, 0) is 13.2 Å². The fourth-order valence-electron chi connectivity index (χ4n) is 2.03. The Morgan fingerprint density at radius 2 is 1.85 bits per heavy atom. The highest BCUT2D eigenvalue weighted by Crippen LogP contribution is 2.28. The Balaban J connectivity index is 2.13. The Morgan fingerprint density at radius 3 is 2.45 bits per heavy atom. The SMILES string of the molecule is COc1ccc(COc2c(C)cc(Br)cc2CN)cc1. The second kappa shape index (κ2) is 6.77. The predicted molar refractivity (Wildman–Crippen MR) is 84.1 cm³/mol. The summed E-state index contributed by atoms with van der Waals surface area (Å²) >= 11 is 3.47. The van der Waals surface area contributed by atoms with E-state index in [4.69, 9.17) is 15.2 Å². The Kier molecular flexibility index (Phi) is 5.04. The van der Waals surface area contributed by atoms with E-state index in [-0.39, 0.29) is 0 Å². The van der Waals surface area contributed by atoms with Gasteiger partial charge in [0.2, 0.25) is 0 Å². The first-order valence-corrected chi connectivity index (χ1v) is 7.18. The van der Waals surface area contributed by atoms with Crippen LogP contribution in [0.15, 0.2) is 40.9 Å². The van der Waals surface area contributed by atoms with Gasteiger partial charge in [0.1, 0.15) is 18.1 Å². The lowest BCUT2D eigenvalue weighted by molar-refractivity contribution is 0.300. The zero-order valence-corrected chi connectivity index (χ0v) is 13.2. The third-order valence-corrected chi connectivity index (χ3v) is 3.54. The van der Waals surface area contributed by atoms with Gasteiger partial charge in [-0.15, -0.1) is 0 Å². The normalized spacial score (nSPS) is 10.4. The van der Waals surface area contributed by atoms with E-state index in [0.717, 1.165) is 32.7 Å². The van der Waals surface area contributed by atoms with Crippen LogP contribution < -0.4 is 15.2 Å². The minimum Gasteiger partial charge on any atom is -0.497 e. The largest absolute Gasteiger partial charge is 0.497 e. The van der Waals surface area contributed by atoms with Gasteiger partial charge in [-0.3, -0.25) is 0 Å². The maximum Gasteiger partial charge on any atom is 0.127 e. The zero-order chi connectivity index (χ0) is 14.5. The highest BCUT2D eigenvalue weighted by Gasteiger charge is 2.08. The standard InChI is InChI=1S/C16H18BrNO2/c1-11-7-14(17)8-13(9-18)16(11)20-10-12-3-5-15(19-2)6-4-12/h3-8H,9-10,18H2,1-2H3. The zero-order valence-electron chi connectivity index (χ0n) is 11.7. The Morgan fingerprint density at radius 1 is 1.15 bits per heavy atom. The summed E-state index contributed by atoms with van der Waals surface area (Å²) in [5.74, 6) is 1.71. The van der Waals surface area contributed by atoms with Crippen molar-refractivity contribution in [2.24, 2.45) is 5.73 Å². The van der Waals surface area contributed by atoms with E-state index in [9.17, 15) is 0 Å². The van der Waals surface area contributed by atoms with Gasteiger partial charge in [-0.1, -0.05) is 28.1 Å². The molecule has 2 N–H and O–H groups in total. The maximum absolute atomic E-state index is 5.93. The molecule has 0 saturated heterocycles. The van der Waals surface area contributed by atoms with Crippen LogP contribution in [0.5, 0.6) is 11.5 Å². The van der Waals surface area contributed by atoms with E-state index < -0.39 is 0 Å². The van der Waals surface area contributed by atoms with Crippen LogP contribution in [0.4, 0.5) is 0 Å². The molecule has 0 aliphatic carbocycles. The van der Waals surface area contributed by atoms with Crippen LogP contribution in [0.25, 0.3) is 0 Å². The Bertz CT molecular complexity index is 582. The van der Waals surface area contributed by atoms with Crippen molar-refractivity contribution >= 4 is 15.9 Å². The molecule has 0 saturated carbocycles. The molecule has 106 valence electrons. The smallest absolute Gasteiger partial charge is 0.127 e. The van der Waals surface area contributed by atoms with Gasteiger partial charge in [0.25, 0.3) is 0 Å². The third-order valence-electron chi connectivity index (χ3n) is 3.08. The van der Waals surface area contributed by atoms with Gasteiger partial charge >= 0.3 is 0 Å². The average Bonchev–Trinajstić information content (AvgIpc) is 2.46. The predicted octanol–water partition coefficient (Wildman–Crippen LogP) is 3.80. The Labute approximate surface area is 127 Å². The molecule has 2 rings (SSSR count). The van der Waals surface area contributed by atoms with Crippen LogP contribution in [0.2, 0.25) is 0 Å². The monoisotopic (exact) mass is 335 g/mol. The summed E-state index contributed by atoms with van der Waals surface area (Å²) in [6, 6.07) is 11.9. The number of rotatable bonds is 5. The molecule has 0 amide bonds. The molecule has 0 aromatic heterocycles. The van der Waals surface area contributed by atoms with Crippen LogP contribution >= 0.6 is 15.9 Å². The first-order chi connectivity index (χ1) is 9.63. The molecule has 3 nitrogen and oxygen atoms in total. The van der Waals surface area contributed by atoms with Crippen LogP contribution in [-0.4, -0.2) is 7.11 Å². The number of methoxy groups -OCH3 is 1. The van der Waals surface area contributed by atoms with Crippen LogP contribution in [0.1, 0.15) is 16.7 Å². The van der Waals surface area contributed by atoms with E-state index >= 15 is 0 Å². The molecule has 0 radical (unpaired) electrons. The first-order valence-electron chi connectivity index (χ1n) is 6.39. The molecule has 0 unspecified atom stereocenters. The van der Waals surface area contributed by atoms with E-state index in [2.05, 4.69) is 15.9 Å². The number of nitrogens with two attached hydrogens (primary N) is 1. The minimum atomic E-state index is 0.457. The topological polar surface area (TPSA) is 44.5 Å². The van der Waals surface area contributed by atoms with Crippen molar-refractivity contribution in [1.82, 2.24) is 0 Å². The van der Waals surface area contributed by atoms with Crippen molar-refractivity contribution in [3.63, 3.8) is 0 Å². The van der Waals surface area contributed by atoms with Gasteiger partial charge < -0.3 is 15.2 Å². The number of benzene rings is 2. The third kappa shape index (κ3) is 3.52. The first kappa shape index (κ1) is 14.9. The quantitative estimate of drug-likeness (QED) is 0.903. The second-order valence-electron chi connectivity index (χ2n) is 4.55. The van der Waals surface area contributed by atoms with Crippen molar-refractivity contribution in [1.29, 1.82) is 0 Å². The maximum atomic E-state index is 5.93. The average molecular weight is 336 g/mol. The number of hydrogen-bond acceptors (Lipinski definition) is 3. The number of aryl methyl sites for hydroxylation is 1. The molecule has 0 bridgehead atoms. The van der Waals surface area contributed by atoms with Gasteiger partial charge in [-0.05, 0) is 42.3 Å². The van der Waals surface area contributed by atoms with E-state index in [0.29, 0.717) is 13.2 Å². The molecule has 0 fully saturated rings. The fourth-order valence-corrected chi connectivity index (χ4v) is 2.65. The van der Waals surface area contributed by atoms with E-state index in [1.54, 1.807) is 7.11 Å². The lowest BCUT2D eigenvalue weighted by atomic mass is 10.1. The Hall–Kier alpha value is -1.52. The summed E-state index contributed by atoms with van der Waals surface area (Å²) in [5, 5.41) is 0. The van der Waals surface area contributed by atoms with Gasteiger partial charge in [-0.2, -0.15) is 0 Å². The van der Waals surface area contributed by atoms with Crippen molar-refractivity contribution in [3.05, 3.63) is 57.6 Å². The number of ether oxygens (including phenoxy) is 2. The molecule has 20 heavy (non-hydrogen) atoms. The molecule has 2 aromatic carbocycles. The molecule has 2 aromatic rings. The highest BCUT2D eigenvalue weighted by molar-refractivity contribution is 9.10. The lowest BCUT2D eigenvalue weighted by Crippen LogP contribution is -2.04. The lowest BCUT2D eigenvalue weighted by Gasteiger charge is -2.14. The summed E-state index contributed by atoms with van der Waals surface area (Å²) in [6.45, 7) is 2.99. The van der Waals surface area contributed by atoms with Gasteiger partial charge in [0, 0.05) is 16.6 Å². The summed E-state index contributed by atoms with van der Waals surface area (Å²) in [5.41, 5.74) is 8.95. The molecular weight excluding hydrogens is 318 g/mol. The fraction of sp³-hybridized carbons (Fsp3) is 0.250. The highest BCUT2D eigenvalue weighted by atomic mass is 79.9. The van der Waals surface area contributed by atoms with Crippen molar-refractivity contribution in [2.45, 2.75) is 20.1 Å².